The van der Waals surface area contributed by atoms with Crippen molar-refractivity contribution in [3.63, 3.8) is 0 Å². The number of hydrogen-bond donors (Lipinski definition) is 2. The first kappa shape index (κ1) is 20.6. The molecule has 9 nitrogen and oxygen atoms in total. The number of nitrogens with one attached hydrogen (secondary N) is 2. The largest absolute Gasteiger partial charge is 0.361 e. The van der Waals surface area contributed by atoms with E-state index >= 15 is 0 Å². The van der Waals surface area contributed by atoms with Crippen molar-refractivity contribution in [1.29, 1.82) is 0 Å². The van der Waals surface area contributed by atoms with E-state index in [9.17, 15) is 9.59 Å². The Labute approximate surface area is 172 Å². The van der Waals surface area contributed by atoms with Gasteiger partial charge in [0.25, 0.3) is 5.91 Å². The van der Waals surface area contributed by atoms with E-state index in [1.54, 1.807) is 30.2 Å². The maximum atomic E-state index is 12.2. The van der Waals surface area contributed by atoms with Gasteiger partial charge in [-0.25, -0.2) is 0 Å². The smallest absolute Gasteiger partial charge is 0.269 e. The average molecular weight is 414 g/mol. The van der Waals surface area contributed by atoms with Gasteiger partial charge in [0.15, 0.2) is 5.16 Å². The normalized spacial score (nSPS) is 10.7. The van der Waals surface area contributed by atoms with Gasteiger partial charge in [-0.1, -0.05) is 29.1 Å². The highest BCUT2D eigenvalue weighted by atomic mass is 32.2. The molecule has 0 radical (unpaired) electrons. The molecule has 0 bridgehead atoms. The molecule has 3 aromatic rings. The van der Waals surface area contributed by atoms with Crippen LogP contribution in [-0.4, -0.2) is 31.7 Å². The molecule has 0 aliphatic carbocycles. The Kier molecular flexibility index (Phi) is 6.65. The number of benzene rings is 1. The quantitative estimate of drug-likeness (QED) is 0.449. The summed E-state index contributed by atoms with van der Waals surface area (Å²) in [6.07, 6.45) is 2.38. The first-order valence-corrected chi connectivity index (χ1v) is 9.99. The monoisotopic (exact) mass is 414 g/mol. The molecule has 1 aromatic carbocycles. The minimum Gasteiger partial charge on any atom is -0.361 e. The molecule has 0 spiro atoms. The van der Waals surface area contributed by atoms with Crippen molar-refractivity contribution in [3.05, 3.63) is 58.7 Å². The summed E-state index contributed by atoms with van der Waals surface area (Å²) in [7, 11) is 1.89. The summed E-state index contributed by atoms with van der Waals surface area (Å²) in [5, 5.41) is 12.5. The SMILES string of the molecule is Cc1noc(C)c1CCC(=O)NNC(=O)c1ccc(CSc2nncn2C)cc1. The fourth-order valence-electron chi connectivity index (χ4n) is 2.66. The van der Waals surface area contributed by atoms with E-state index in [1.165, 1.54) is 0 Å². The summed E-state index contributed by atoms with van der Waals surface area (Å²) in [6.45, 7) is 3.64. The summed E-state index contributed by atoms with van der Waals surface area (Å²) < 4.78 is 6.92. The zero-order chi connectivity index (χ0) is 20.8. The molecule has 29 heavy (non-hydrogen) atoms. The Balaban J connectivity index is 1.44. The maximum Gasteiger partial charge on any atom is 0.269 e. The van der Waals surface area contributed by atoms with Crippen LogP contribution < -0.4 is 10.9 Å². The van der Waals surface area contributed by atoms with Crippen LogP contribution in [0.1, 0.15) is 39.4 Å². The van der Waals surface area contributed by atoms with Gasteiger partial charge in [-0.05, 0) is 38.0 Å². The topological polar surface area (TPSA) is 115 Å². The number of hydrazine groups is 1. The van der Waals surface area contributed by atoms with Gasteiger partial charge in [0.2, 0.25) is 5.91 Å². The Morgan fingerprint density at radius 1 is 1.17 bits per heavy atom. The Morgan fingerprint density at radius 2 is 1.93 bits per heavy atom. The van der Waals surface area contributed by atoms with Gasteiger partial charge >= 0.3 is 0 Å². The van der Waals surface area contributed by atoms with Gasteiger partial charge in [0.05, 0.1) is 5.69 Å². The van der Waals surface area contributed by atoms with Crippen LogP contribution in [0, 0.1) is 13.8 Å². The van der Waals surface area contributed by atoms with Crippen LogP contribution in [0.4, 0.5) is 0 Å². The van der Waals surface area contributed by atoms with E-state index in [-0.39, 0.29) is 18.2 Å². The highest BCUT2D eigenvalue weighted by Crippen LogP contribution is 2.20. The van der Waals surface area contributed by atoms with Crippen LogP contribution in [0.25, 0.3) is 0 Å². The predicted octanol–water partition coefficient (Wildman–Crippen LogP) is 2.11. The first-order valence-electron chi connectivity index (χ1n) is 9.00. The van der Waals surface area contributed by atoms with Gasteiger partial charge in [0.1, 0.15) is 12.1 Å². The lowest BCUT2D eigenvalue weighted by Gasteiger charge is -2.08. The molecule has 2 N–H and O–H groups in total. The molecular formula is C19H22N6O3S. The number of carbonyl (C=O) groups excluding carboxylic acids is 2. The van der Waals surface area contributed by atoms with Crippen molar-refractivity contribution in [1.82, 2.24) is 30.8 Å². The molecule has 2 heterocycles. The van der Waals surface area contributed by atoms with Crippen LogP contribution in [0.2, 0.25) is 0 Å². The fraction of sp³-hybridized carbons (Fsp3) is 0.316. The van der Waals surface area contributed by atoms with Crippen molar-refractivity contribution < 1.29 is 14.1 Å². The second-order valence-electron chi connectivity index (χ2n) is 6.52. The second-order valence-corrected chi connectivity index (χ2v) is 7.46. The van der Waals surface area contributed by atoms with Crippen LogP contribution >= 0.6 is 11.8 Å². The van der Waals surface area contributed by atoms with Crippen molar-refractivity contribution >= 4 is 23.6 Å². The summed E-state index contributed by atoms with van der Waals surface area (Å²) >= 11 is 1.56. The number of thioether (sulfide) groups is 1. The standard InChI is InChI=1S/C19H22N6O3S/c1-12-16(13(2)28-24-12)8-9-17(26)21-22-18(27)15-6-4-14(5-7-15)10-29-19-23-20-11-25(19)3/h4-7,11H,8-10H2,1-3H3,(H,21,26)(H,22,27). The third-order valence-corrected chi connectivity index (χ3v) is 5.46. The zero-order valence-corrected chi connectivity index (χ0v) is 17.2. The number of aromatic nitrogens is 4. The third kappa shape index (κ3) is 5.44. The summed E-state index contributed by atoms with van der Waals surface area (Å²) in [5.41, 5.74) is 8.08. The van der Waals surface area contributed by atoms with Gasteiger partial charge in [-0.2, -0.15) is 0 Å². The molecular weight excluding hydrogens is 392 g/mol. The molecule has 2 amide bonds. The summed E-state index contributed by atoms with van der Waals surface area (Å²) in [6, 6.07) is 7.19. The van der Waals surface area contributed by atoms with E-state index in [0.29, 0.717) is 23.5 Å². The lowest BCUT2D eigenvalue weighted by Crippen LogP contribution is -2.41. The fourth-order valence-corrected chi connectivity index (χ4v) is 3.51. The van der Waals surface area contributed by atoms with Gasteiger partial charge in [-0.15, -0.1) is 10.2 Å². The molecule has 10 heteroatoms. The molecule has 0 unspecified atom stereocenters. The zero-order valence-electron chi connectivity index (χ0n) is 16.4. The van der Waals surface area contributed by atoms with E-state index in [0.717, 1.165) is 22.0 Å². The van der Waals surface area contributed by atoms with Crippen molar-refractivity contribution in [3.8, 4) is 0 Å². The second kappa shape index (κ2) is 9.37. The molecule has 2 aromatic heterocycles. The highest BCUT2D eigenvalue weighted by molar-refractivity contribution is 7.98. The van der Waals surface area contributed by atoms with Crippen molar-refractivity contribution in [2.45, 2.75) is 37.6 Å². The molecule has 0 atom stereocenters. The average Bonchev–Trinajstić information content (AvgIpc) is 3.27. The van der Waals surface area contributed by atoms with Gasteiger partial charge < -0.3 is 9.09 Å². The number of carbonyl (C=O) groups is 2. The van der Waals surface area contributed by atoms with Gasteiger partial charge in [-0.3, -0.25) is 20.4 Å². The van der Waals surface area contributed by atoms with Crippen molar-refractivity contribution in [2.75, 3.05) is 0 Å². The molecule has 152 valence electrons. The minimum absolute atomic E-state index is 0.224. The minimum atomic E-state index is -0.372. The Hall–Kier alpha value is -3.14. The number of aryl methyl sites for hydroxylation is 3. The predicted molar refractivity (Wildman–Crippen MR) is 107 cm³/mol. The summed E-state index contributed by atoms with van der Waals surface area (Å²) in [4.78, 5) is 24.2. The number of amides is 2. The van der Waals surface area contributed by atoms with E-state index in [2.05, 4.69) is 26.2 Å². The van der Waals surface area contributed by atoms with Gasteiger partial charge in [0, 0.05) is 30.3 Å². The Bertz CT molecular complexity index is 976. The van der Waals surface area contributed by atoms with Crippen LogP contribution in [0.3, 0.4) is 0 Å². The third-order valence-electron chi connectivity index (χ3n) is 4.35. The summed E-state index contributed by atoms with van der Waals surface area (Å²) in [5.74, 6) is 0.766. The molecule has 3 rings (SSSR count). The van der Waals surface area contributed by atoms with Crippen LogP contribution in [-0.2, 0) is 24.0 Å². The lowest BCUT2D eigenvalue weighted by atomic mass is 10.1. The van der Waals surface area contributed by atoms with E-state index < -0.39 is 0 Å². The van der Waals surface area contributed by atoms with Crippen molar-refractivity contribution in [2.24, 2.45) is 7.05 Å². The first-order chi connectivity index (χ1) is 13.9. The molecule has 0 saturated heterocycles. The number of rotatable bonds is 7. The van der Waals surface area contributed by atoms with Crippen LogP contribution in [0.15, 0.2) is 40.3 Å². The van der Waals surface area contributed by atoms with E-state index in [4.69, 9.17) is 4.52 Å². The number of nitrogens with zero attached hydrogens (tertiary/aromatic N) is 4. The molecule has 0 saturated carbocycles. The molecule has 0 aliphatic heterocycles. The van der Waals surface area contributed by atoms with E-state index in [1.807, 2.05) is 37.6 Å². The van der Waals surface area contributed by atoms with Crippen LogP contribution in [0.5, 0.6) is 0 Å². The number of hydrogen-bond acceptors (Lipinski definition) is 7. The molecule has 0 fully saturated rings. The lowest BCUT2D eigenvalue weighted by molar-refractivity contribution is -0.121. The highest BCUT2D eigenvalue weighted by Gasteiger charge is 2.12. The Morgan fingerprint density at radius 3 is 2.55 bits per heavy atom. The molecule has 0 aliphatic rings. The maximum absolute atomic E-state index is 12.2.